The molecular weight excluding hydrogens is 697 g/mol. The number of carboxylic acids is 1. The van der Waals surface area contributed by atoms with Gasteiger partial charge in [-0.3, -0.25) is 23.4 Å². The molecule has 0 aromatic heterocycles. The first-order valence-electron chi connectivity index (χ1n) is 20.2. The zero-order valence-electron chi connectivity index (χ0n) is 32.8. The summed E-state index contributed by atoms with van der Waals surface area (Å²) in [7, 11) is -4.72. The van der Waals surface area contributed by atoms with E-state index < -0.39 is 51.1 Å². The molecule has 0 spiro atoms. The summed E-state index contributed by atoms with van der Waals surface area (Å²) in [6.45, 7) is 2.67. The Morgan fingerprint density at radius 1 is 0.585 bits per heavy atom. The predicted molar refractivity (Wildman–Crippen MR) is 212 cm³/mol. The maximum Gasteiger partial charge on any atom is 0.472 e. The number of carbonyl (C=O) groups excluding carboxylic acids is 2. The van der Waals surface area contributed by atoms with Crippen LogP contribution >= 0.6 is 7.82 Å². The lowest BCUT2D eigenvalue weighted by Gasteiger charge is -2.20. The van der Waals surface area contributed by atoms with Gasteiger partial charge in [0.1, 0.15) is 12.6 Å². The zero-order chi connectivity index (χ0) is 39.3. The number of phosphoric acid groups is 1. The third kappa shape index (κ3) is 36.2. The first-order chi connectivity index (χ1) is 25.6. The molecule has 0 aliphatic rings. The lowest BCUT2D eigenvalue weighted by atomic mass is 10.1. The van der Waals surface area contributed by atoms with E-state index >= 15 is 0 Å². The summed E-state index contributed by atoms with van der Waals surface area (Å²) in [5.74, 6) is -2.42. The molecule has 0 bridgehead atoms. The lowest BCUT2D eigenvalue weighted by Crippen LogP contribution is -2.34. The predicted octanol–water partition coefficient (Wildman–Crippen LogP) is 10.2. The van der Waals surface area contributed by atoms with E-state index in [4.69, 9.17) is 24.8 Å². The molecule has 0 aliphatic heterocycles. The van der Waals surface area contributed by atoms with Gasteiger partial charge < -0.3 is 25.2 Å². The van der Waals surface area contributed by atoms with E-state index in [9.17, 15) is 23.8 Å². The molecule has 0 radical (unpaired) electrons. The highest BCUT2D eigenvalue weighted by atomic mass is 31.2. The van der Waals surface area contributed by atoms with Crippen molar-refractivity contribution in [1.82, 2.24) is 0 Å². The first kappa shape index (κ1) is 50.4. The summed E-state index contributed by atoms with van der Waals surface area (Å²) in [4.78, 5) is 45.8. The van der Waals surface area contributed by atoms with Gasteiger partial charge in [-0.2, -0.15) is 0 Å². The highest BCUT2D eigenvalue weighted by Crippen LogP contribution is 2.43. The number of nitrogens with two attached hydrogens (primary N) is 1. The van der Waals surface area contributed by atoms with E-state index in [0.29, 0.717) is 12.8 Å². The molecule has 3 atom stereocenters. The number of carbonyl (C=O) groups is 3. The number of carboxylic acid groups (broad SMARTS) is 1. The molecule has 0 fully saturated rings. The van der Waals surface area contributed by atoms with Crippen LogP contribution in [0.4, 0.5) is 0 Å². The number of unbranched alkanes of at least 4 members (excludes halogenated alkanes) is 15. The standard InChI is InChI=1S/C41H72NO10P/c1-3-5-7-9-11-13-15-17-18-19-21-23-25-27-29-31-33-40(44)52-37(35-50-53(47,48)51-36-38(42)41(45)46)34-49-39(43)32-30-28-26-24-22-20-16-14-12-10-8-6-4-2/h8,10,13-16,18-19,37-38H,3-7,9,11-12,17,20-36,42H2,1-2H3,(H,45,46)(H,47,48)/b10-8-,15-13-,16-14-,19-18-. The number of ether oxygens (including phenoxy) is 2. The third-order valence-electron chi connectivity index (χ3n) is 8.28. The second-order valence-electron chi connectivity index (χ2n) is 13.4. The molecule has 0 amide bonds. The van der Waals surface area contributed by atoms with Gasteiger partial charge in [0, 0.05) is 12.8 Å². The van der Waals surface area contributed by atoms with E-state index in [-0.39, 0.29) is 19.4 Å². The SMILES string of the molecule is CCC/C=C\C/C=C\CCCCCCCC(=O)OCC(COP(=O)(O)OCC(N)C(=O)O)OC(=O)CCCCCCC/C=C\C/C=C\CCCCCC. The average Bonchev–Trinajstić information content (AvgIpc) is 3.13. The maximum atomic E-state index is 12.6. The molecule has 11 nitrogen and oxygen atoms in total. The lowest BCUT2D eigenvalue weighted by molar-refractivity contribution is -0.161. The van der Waals surface area contributed by atoms with Gasteiger partial charge in [-0.15, -0.1) is 0 Å². The Labute approximate surface area is 320 Å². The maximum absolute atomic E-state index is 12.6. The van der Waals surface area contributed by atoms with Crippen LogP contribution in [-0.4, -0.2) is 59.9 Å². The Morgan fingerprint density at radius 3 is 1.55 bits per heavy atom. The Kier molecular flexibility index (Phi) is 34.7. The number of esters is 2. The van der Waals surface area contributed by atoms with E-state index in [1.54, 1.807) is 0 Å². The van der Waals surface area contributed by atoms with Crippen molar-refractivity contribution in [1.29, 1.82) is 0 Å². The Balaban J connectivity index is 4.46. The fourth-order valence-electron chi connectivity index (χ4n) is 5.07. The van der Waals surface area contributed by atoms with E-state index in [1.165, 1.54) is 32.1 Å². The van der Waals surface area contributed by atoms with Gasteiger partial charge in [0.2, 0.25) is 0 Å². The van der Waals surface area contributed by atoms with E-state index in [2.05, 4.69) is 67.0 Å². The molecule has 0 aromatic carbocycles. The summed E-state index contributed by atoms with van der Waals surface area (Å²) < 4.78 is 32.6. The van der Waals surface area contributed by atoms with Crippen molar-refractivity contribution >= 4 is 25.7 Å². The number of allylic oxidation sites excluding steroid dienone is 8. The fourth-order valence-corrected chi connectivity index (χ4v) is 5.85. The summed E-state index contributed by atoms with van der Waals surface area (Å²) in [5.41, 5.74) is 5.32. The fraction of sp³-hybridized carbons (Fsp3) is 0.732. The molecular formula is C41H72NO10P. The highest BCUT2D eigenvalue weighted by Gasteiger charge is 2.28. The van der Waals surface area contributed by atoms with Crippen LogP contribution in [0, 0.1) is 0 Å². The second-order valence-corrected chi connectivity index (χ2v) is 14.9. The molecule has 306 valence electrons. The molecule has 0 rings (SSSR count). The minimum Gasteiger partial charge on any atom is -0.480 e. The van der Waals surface area contributed by atoms with Gasteiger partial charge >= 0.3 is 25.7 Å². The van der Waals surface area contributed by atoms with Gasteiger partial charge in [0.15, 0.2) is 6.10 Å². The van der Waals surface area contributed by atoms with Crippen LogP contribution in [0.1, 0.15) is 162 Å². The number of rotatable bonds is 37. The summed E-state index contributed by atoms with van der Waals surface area (Å²) in [6, 6.07) is -1.53. The molecule has 4 N–H and O–H groups in total. The number of aliphatic carboxylic acids is 1. The van der Waals surface area contributed by atoms with Crippen molar-refractivity contribution in [3.63, 3.8) is 0 Å². The Bertz CT molecular complexity index is 1090. The average molecular weight is 770 g/mol. The van der Waals surface area contributed by atoms with Crippen LogP contribution in [0.3, 0.4) is 0 Å². The topological polar surface area (TPSA) is 172 Å². The van der Waals surface area contributed by atoms with Crippen LogP contribution in [0.2, 0.25) is 0 Å². The minimum atomic E-state index is -4.72. The van der Waals surface area contributed by atoms with Crippen molar-refractivity contribution in [3.05, 3.63) is 48.6 Å². The van der Waals surface area contributed by atoms with Crippen molar-refractivity contribution < 1.29 is 47.5 Å². The molecule has 12 heteroatoms. The highest BCUT2D eigenvalue weighted by molar-refractivity contribution is 7.47. The van der Waals surface area contributed by atoms with Crippen molar-refractivity contribution in [2.75, 3.05) is 19.8 Å². The summed E-state index contributed by atoms with van der Waals surface area (Å²) >= 11 is 0. The van der Waals surface area contributed by atoms with Gasteiger partial charge in [-0.25, -0.2) is 4.57 Å². The van der Waals surface area contributed by atoms with Gasteiger partial charge in [-0.1, -0.05) is 127 Å². The number of phosphoric ester groups is 1. The molecule has 0 heterocycles. The molecule has 53 heavy (non-hydrogen) atoms. The van der Waals surface area contributed by atoms with Crippen LogP contribution in [0.25, 0.3) is 0 Å². The van der Waals surface area contributed by atoms with Crippen LogP contribution < -0.4 is 5.73 Å². The van der Waals surface area contributed by atoms with Gasteiger partial charge in [0.05, 0.1) is 13.2 Å². The summed E-state index contributed by atoms with van der Waals surface area (Å²) in [5, 5.41) is 8.87. The molecule has 0 aliphatic carbocycles. The zero-order valence-corrected chi connectivity index (χ0v) is 33.7. The number of hydrogen-bond acceptors (Lipinski definition) is 9. The molecule has 0 aromatic rings. The van der Waals surface area contributed by atoms with Crippen LogP contribution in [0.15, 0.2) is 48.6 Å². The van der Waals surface area contributed by atoms with Crippen LogP contribution in [0.5, 0.6) is 0 Å². The largest absolute Gasteiger partial charge is 0.480 e. The quantitative estimate of drug-likeness (QED) is 0.0238. The normalized spacial score (nSPS) is 14.3. The van der Waals surface area contributed by atoms with Gasteiger partial charge in [-0.05, 0) is 70.6 Å². The second kappa shape index (κ2) is 36.4. The minimum absolute atomic E-state index is 0.141. The molecule has 0 saturated carbocycles. The van der Waals surface area contributed by atoms with Gasteiger partial charge in [0.25, 0.3) is 0 Å². The van der Waals surface area contributed by atoms with Crippen molar-refractivity contribution in [2.45, 2.75) is 174 Å². The smallest absolute Gasteiger partial charge is 0.472 e. The third-order valence-corrected chi connectivity index (χ3v) is 9.23. The molecule has 3 unspecified atom stereocenters. The molecule has 0 saturated heterocycles. The first-order valence-corrected chi connectivity index (χ1v) is 21.7. The Morgan fingerprint density at radius 2 is 1.04 bits per heavy atom. The summed E-state index contributed by atoms with van der Waals surface area (Å²) in [6.07, 6.45) is 38.9. The van der Waals surface area contributed by atoms with Crippen molar-refractivity contribution in [3.8, 4) is 0 Å². The van der Waals surface area contributed by atoms with E-state index in [0.717, 1.165) is 89.9 Å². The number of hydrogen-bond donors (Lipinski definition) is 3. The van der Waals surface area contributed by atoms with Crippen LogP contribution in [-0.2, 0) is 37.5 Å². The monoisotopic (exact) mass is 769 g/mol. The van der Waals surface area contributed by atoms with Crippen molar-refractivity contribution in [2.24, 2.45) is 5.73 Å². The van der Waals surface area contributed by atoms with E-state index in [1.807, 2.05) is 0 Å². The Hall–Kier alpha value is -2.56.